The third-order valence-electron chi connectivity index (χ3n) is 4.12. The maximum absolute atomic E-state index is 13.1. The summed E-state index contributed by atoms with van der Waals surface area (Å²) in [7, 11) is -1.23. The van der Waals surface area contributed by atoms with E-state index in [2.05, 4.69) is 11.8 Å². The molecule has 2 atom stereocenters. The average Bonchev–Trinajstić information content (AvgIpc) is 2.67. The van der Waals surface area contributed by atoms with Gasteiger partial charge in [-0.25, -0.2) is 4.21 Å². The van der Waals surface area contributed by atoms with Gasteiger partial charge in [0.15, 0.2) is 0 Å². The van der Waals surface area contributed by atoms with E-state index in [0.717, 1.165) is 26.5 Å². The Morgan fingerprint density at radius 2 is 1.58 bits per heavy atom. The van der Waals surface area contributed by atoms with Crippen LogP contribution in [0.2, 0.25) is 5.02 Å². The van der Waals surface area contributed by atoms with Gasteiger partial charge in [0.05, 0.1) is 15.8 Å². The van der Waals surface area contributed by atoms with Crippen molar-refractivity contribution in [3.8, 4) is 11.8 Å². The Kier molecular flexibility index (Phi) is 5.93. The van der Waals surface area contributed by atoms with Gasteiger partial charge in [0.1, 0.15) is 0 Å². The summed E-state index contributed by atoms with van der Waals surface area (Å²) in [6.07, 6.45) is 0. The molecule has 26 heavy (non-hydrogen) atoms. The van der Waals surface area contributed by atoms with Crippen LogP contribution < -0.4 is 0 Å². The lowest BCUT2D eigenvalue weighted by Gasteiger charge is -2.12. The molecular formula is C23H19ClOS. The third-order valence-corrected chi connectivity index (χ3v) is 5.92. The van der Waals surface area contributed by atoms with Crippen LogP contribution in [0.1, 0.15) is 29.5 Å². The third kappa shape index (κ3) is 4.25. The summed E-state index contributed by atoms with van der Waals surface area (Å²) < 4.78 is 13.1. The van der Waals surface area contributed by atoms with Gasteiger partial charge in [0.25, 0.3) is 0 Å². The lowest BCUT2D eigenvalue weighted by molar-refractivity contribution is 0.681. The summed E-state index contributed by atoms with van der Waals surface area (Å²) in [6, 6.07) is 23.1. The van der Waals surface area contributed by atoms with E-state index in [1.807, 2.05) is 86.6 Å². The van der Waals surface area contributed by atoms with Gasteiger partial charge < -0.3 is 0 Å². The zero-order chi connectivity index (χ0) is 18.5. The average molecular weight is 379 g/mol. The largest absolute Gasteiger partial charge is 0.249 e. The van der Waals surface area contributed by atoms with Gasteiger partial charge in [-0.3, -0.25) is 0 Å². The Hall–Kier alpha value is -2.34. The topological polar surface area (TPSA) is 17.1 Å². The van der Waals surface area contributed by atoms with Gasteiger partial charge in [0, 0.05) is 21.3 Å². The number of hydrogen-bond acceptors (Lipinski definition) is 1. The number of rotatable bonds is 3. The molecule has 0 aliphatic rings. The van der Waals surface area contributed by atoms with E-state index >= 15 is 0 Å². The van der Waals surface area contributed by atoms with Crippen LogP contribution in [0.5, 0.6) is 0 Å². The van der Waals surface area contributed by atoms with Crippen LogP contribution in [0.3, 0.4) is 0 Å². The molecule has 0 radical (unpaired) electrons. The minimum Gasteiger partial charge on any atom is -0.249 e. The van der Waals surface area contributed by atoms with Crippen LogP contribution in [-0.4, -0.2) is 4.21 Å². The number of hydrogen-bond donors (Lipinski definition) is 0. The summed E-state index contributed by atoms with van der Waals surface area (Å²) in [5.74, 6) is 6.33. The van der Waals surface area contributed by atoms with Crippen LogP contribution in [0, 0.1) is 18.8 Å². The van der Waals surface area contributed by atoms with E-state index in [4.69, 9.17) is 11.6 Å². The second-order valence-electron chi connectivity index (χ2n) is 6.09. The van der Waals surface area contributed by atoms with E-state index in [9.17, 15) is 4.21 Å². The number of aryl methyl sites for hydroxylation is 1. The Bertz CT molecular complexity index is 996. The van der Waals surface area contributed by atoms with Gasteiger partial charge in [-0.1, -0.05) is 71.5 Å². The first-order chi connectivity index (χ1) is 12.6. The first-order valence-electron chi connectivity index (χ1n) is 8.39. The highest BCUT2D eigenvalue weighted by molar-refractivity contribution is 7.85. The van der Waals surface area contributed by atoms with Crippen molar-refractivity contribution in [1.82, 2.24) is 0 Å². The van der Waals surface area contributed by atoms with Crippen molar-refractivity contribution in [1.29, 1.82) is 0 Å². The van der Waals surface area contributed by atoms with E-state index in [-0.39, 0.29) is 5.92 Å². The summed E-state index contributed by atoms with van der Waals surface area (Å²) in [5, 5.41) is 0.642. The van der Waals surface area contributed by atoms with Gasteiger partial charge in [-0.05, 0) is 49.7 Å². The standard InChI is InChI=1S/C23H19ClOS/c1-17-11-15-20(16-12-17)26(25)23-10-6-4-8-21(23)18(2)13-14-19-7-3-5-9-22(19)24/h3-12,15-16,18H,1-2H3/t18-,26?/m1/s1. The second kappa shape index (κ2) is 8.36. The van der Waals surface area contributed by atoms with Gasteiger partial charge in [-0.2, -0.15) is 0 Å². The Balaban J connectivity index is 1.93. The maximum atomic E-state index is 13.1. The summed E-state index contributed by atoms with van der Waals surface area (Å²) in [6.45, 7) is 4.04. The molecule has 0 spiro atoms. The monoisotopic (exact) mass is 378 g/mol. The first kappa shape index (κ1) is 18.5. The fourth-order valence-electron chi connectivity index (χ4n) is 2.62. The van der Waals surface area contributed by atoms with Crippen LogP contribution in [0.4, 0.5) is 0 Å². The zero-order valence-corrected chi connectivity index (χ0v) is 16.3. The quantitative estimate of drug-likeness (QED) is 0.513. The van der Waals surface area contributed by atoms with E-state index in [1.54, 1.807) is 0 Å². The molecular weight excluding hydrogens is 360 g/mol. The molecule has 3 aromatic carbocycles. The summed E-state index contributed by atoms with van der Waals surface area (Å²) >= 11 is 6.18. The summed E-state index contributed by atoms with van der Waals surface area (Å²) in [5.41, 5.74) is 2.93. The van der Waals surface area contributed by atoms with Crippen molar-refractivity contribution < 1.29 is 4.21 Å². The molecule has 0 heterocycles. The minimum atomic E-state index is -1.23. The van der Waals surface area contributed by atoms with Crippen molar-refractivity contribution >= 4 is 22.4 Å². The molecule has 0 aromatic heterocycles. The Morgan fingerprint density at radius 3 is 2.31 bits per heavy atom. The molecule has 0 saturated carbocycles. The molecule has 0 bridgehead atoms. The van der Waals surface area contributed by atoms with Crippen molar-refractivity contribution in [2.24, 2.45) is 0 Å². The molecule has 0 N–H and O–H groups in total. The molecule has 0 saturated heterocycles. The zero-order valence-electron chi connectivity index (χ0n) is 14.7. The van der Waals surface area contributed by atoms with Crippen LogP contribution in [-0.2, 0) is 10.8 Å². The minimum absolute atomic E-state index is 0.0585. The number of benzene rings is 3. The smallest absolute Gasteiger partial charge is 0.0852 e. The highest BCUT2D eigenvalue weighted by atomic mass is 35.5. The molecule has 0 aliphatic heterocycles. The molecule has 3 aromatic rings. The molecule has 1 nitrogen and oxygen atoms in total. The van der Waals surface area contributed by atoms with Gasteiger partial charge >= 0.3 is 0 Å². The highest BCUT2D eigenvalue weighted by Gasteiger charge is 2.15. The predicted molar refractivity (Wildman–Crippen MR) is 109 cm³/mol. The fraction of sp³-hybridized carbons (Fsp3) is 0.130. The van der Waals surface area contributed by atoms with Crippen LogP contribution >= 0.6 is 11.6 Å². The van der Waals surface area contributed by atoms with Crippen molar-refractivity contribution in [2.75, 3.05) is 0 Å². The number of halogens is 1. The fourth-order valence-corrected chi connectivity index (χ4v) is 4.10. The van der Waals surface area contributed by atoms with Gasteiger partial charge in [0.2, 0.25) is 0 Å². The van der Waals surface area contributed by atoms with E-state index in [1.165, 1.54) is 0 Å². The van der Waals surface area contributed by atoms with E-state index < -0.39 is 10.8 Å². The summed E-state index contributed by atoms with van der Waals surface area (Å²) in [4.78, 5) is 1.60. The highest BCUT2D eigenvalue weighted by Crippen LogP contribution is 2.26. The van der Waals surface area contributed by atoms with Crippen molar-refractivity contribution in [2.45, 2.75) is 29.6 Å². The molecule has 3 rings (SSSR count). The molecule has 0 aliphatic carbocycles. The molecule has 130 valence electrons. The SMILES string of the molecule is Cc1ccc(S(=O)c2ccccc2[C@H](C)C#Cc2ccccc2Cl)cc1. The Labute approximate surface area is 162 Å². The van der Waals surface area contributed by atoms with Crippen LogP contribution in [0.25, 0.3) is 0 Å². The normalized spacial score (nSPS) is 12.7. The molecule has 0 fully saturated rings. The van der Waals surface area contributed by atoms with E-state index in [0.29, 0.717) is 5.02 Å². The predicted octanol–water partition coefficient (Wildman–Crippen LogP) is 5.97. The first-order valence-corrected chi connectivity index (χ1v) is 9.92. The second-order valence-corrected chi connectivity index (χ2v) is 7.95. The van der Waals surface area contributed by atoms with Crippen molar-refractivity contribution in [3.05, 3.63) is 94.5 Å². The van der Waals surface area contributed by atoms with Crippen molar-refractivity contribution in [3.63, 3.8) is 0 Å². The lowest BCUT2D eigenvalue weighted by Crippen LogP contribution is -2.01. The molecule has 1 unspecified atom stereocenters. The van der Waals surface area contributed by atoms with Gasteiger partial charge in [-0.15, -0.1) is 0 Å². The Morgan fingerprint density at radius 1 is 0.923 bits per heavy atom. The lowest BCUT2D eigenvalue weighted by atomic mass is 10.0. The molecule has 0 amide bonds. The molecule has 3 heteroatoms. The van der Waals surface area contributed by atoms with Crippen LogP contribution in [0.15, 0.2) is 82.6 Å². The maximum Gasteiger partial charge on any atom is 0.0852 e.